The molecule has 3 rings (SSSR count). The molecule has 1 saturated heterocycles. The Balaban J connectivity index is 1.84. The van der Waals surface area contributed by atoms with Crippen molar-refractivity contribution < 1.29 is 13.2 Å². The monoisotopic (exact) mass is 412 g/mol. The van der Waals surface area contributed by atoms with E-state index in [0.29, 0.717) is 35.1 Å². The van der Waals surface area contributed by atoms with E-state index in [1.807, 2.05) is 6.92 Å². The van der Waals surface area contributed by atoms with Gasteiger partial charge in [0.1, 0.15) is 6.04 Å². The lowest BCUT2D eigenvalue weighted by atomic mass is 10.2. The molecule has 0 saturated carbocycles. The smallest absolute Gasteiger partial charge is 0.243 e. The molecule has 0 spiro atoms. The lowest BCUT2D eigenvalue weighted by molar-refractivity contribution is -0.119. The number of halogens is 2. The standard InChI is InChI=1S/C18H18Cl2N2O3S/c1-12-4-7-14(8-5-12)26(24,25)22-10-2-3-17(22)18(23)21-16-11-13(19)6-9-15(16)20/h4-9,11,17H,2-3,10H2,1H3,(H,21,23). The fourth-order valence-electron chi connectivity index (χ4n) is 2.94. The largest absolute Gasteiger partial charge is 0.323 e. The number of carbonyl (C=O) groups excluding carboxylic acids is 1. The molecule has 0 aliphatic carbocycles. The van der Waals surface area contributed by atoms with E-state index in [1.165, 1.54) is 10.4 Å². The van der Waals surface area contributed by atoms with Gasteiger partial charge in [-0.05, 0) is 50.1 Å². The van der Waals surface area contributed by atoms with Gasteiger partial charge in [-0.25, -0.2) is 8.42 Å². The summed E-state index contributed by atoms with van der Waals surface area (Å²) >= 11 is 12.0. The number of amides is 1. The first-order chi connectivity index (χ1) is 12.3. The molecule has 1 atom stereocenters. The molecule has 1 aliphatic rings. The molecule has 0 radical (unpaired) electrons. The molecule has 2 aromatic rings. The third-order valence-corrected chi connectivity index (χ3v) is 6.81. The molecule has 1 heterocycles. The van der Waals surface area contributed by atoms with E-state index in [-0.39, 0.29) is 4.90 Å². The van der Waals surface area contributed by atoms with Crippen LogP contribution in [-0.4, -0.2) is 31.2 Å². The van der Waals surface area contributed by atoms with E-state index in [0.717, 1.165) is 5.56 Å². The predicted molar refractivity (Wildman–Crippen MR) is 103 cm³/mol. The first kappa shape index (κ1) is 19.2. The number of aryl methyl sites for hydroxylation is 1. The Morgan fingerprint density at radius 2 is 1.85 bits per heavy atom. The van der Waals surface area contributed by atoms with Gasteiger partial charge in [0.2, 0.25) is 15.9 Å². The molecule has 1 aliphatic heterocycles. The highest BCUT2D eigenvalue weighted by Gasteiger charge is 2.39. The second-order valence-electron chi connectivity index (χ2n) is 6.20. The van der Waals surface area contributed by atoms with Crippen molar-refractivity contribution in [3.05, 3.63) is 58.1 Å². The van der Waals surface area contributed by atoms with E-state index in [2.05, 4.69) is 5.32 Å². The summed E-state index contributed by atoms with van der Waals surface area (Å²) in [4.78, 5) is 12.9. The summed E-state index contributed by atoms with van der Waals surface area (Å²) < 4.78 is 27.1. The van der Waals surface area contributed by atoms with Crippen LogP contribution < -0.4 is 5.32 Å². The number of sulfonamides is 1. The van der Waals surface area contributed by atoms with Crippen molar-refractivity contribution in [1.82, 2.24) is 4.31 Å². The molecule has 1 unspecified atom stereocenters. The van der Waals surface area contributed by atoms with Crippen LogP contribution in [0.3, 0.4) is 0 Å². The van der Waals surface area contributed by atoms with Crippen LogP contribution in [0.4, 0.5) is 5.69 Å². The van der Waals surface area contributed by atoms with E-state index in [1.54, 1.807) is 36.4 Å². The van der Waals surface area contributed by atoms with Crippen LogP contribution in [0.2, 0.25) is 10.0 Å². The van der Waals surface area contributed by atoms with Gasteiger partial charge < -0.3 is 5.32 Å². The lowest BCUT2D eigenvalue weighted by Gasteiger charge is -2.23. The summed E-state index contributed by atoms with van der Waals surface area (Å²) in [5, 5.41) is 3.47. The summed E-state index contributed by atoms with van der Waals surface area (Å²) in [6.07, 6.45) is 1.07. The molecular formula is C18H18Cl2N2O3S. The van der Waals surface area contributed by atoms with Gasteiger partial charge in [-0.15, -0.1) is 0 Å². The van der Waals surface area contributed by atoms with E-state index >= 15 is 0 Å². The van der Waals surface area contributed by atoms with Crippen molar-refractivity contribution in [2.75, 3.05) is 11.9 Å². The minimum absolute atomic E-state index is 0.184. The van der Waals surface area contributed by atoms with Gasteiger partial charge in [-0.3, -0.25) is 4.79 Å². The molecule has 2 aromatic carbocycles. The Hall–Kier alpha value is -1.60. The molecule has 5 nitrogen and oxygen atoms in total. The predicted octanol–water partition coefficient (Wildman–Crippen LogP) is 4.09. The van der Waals surface area contributed by atoms with Crippen molar-refractivity contribution in [2.24, 2.45) is 0 Å². The number of hydrogen-bond donors (Lipinski definition) is 1. The van der Waals surface area contributed by atoms with Crippen LogP contribution in [0.1, 0.15) is 18.4 Å². The van der Waals surface area contributed by atoms with Gasteiger partial charge in [0.05, 0.1) is 15.6 Å². The molecular weight excluding hydrogens is 395 g/mol. The molecule has 0 bridgehead atoms. The van der Waals surface area contributed by atoms with Crippen molar-refractivity contribution in [3.63, 3.8) is 0 Å². The zero-order valence-electron chi connectivity index (χ0n) is 14.1. The number of nitrogens with zero attached hydrogens (tertiary/aromatic N) is 1. The highest BCUT2D eigenvalue weighted by Crippen LogP contribution is 2.29. The van der Waals surface area contributed by atoms with Crippen LogP contribution in [0.25, 0.3) is 0 Å². The van der Waals surface area contributed by atoms with Gasteiger partial charge in [0, 0.05) is 11.6 Å². The maximum Gasteiger partial charge on any atom is 0.243 e. The summed E-state index contributed by atoms with van der Waals surface area (Å²) in [7, 11) is -3.75. The number of hydrogen-bond acceptors (Lipinski definition) is 3. The summed E-state index contributed by atoms with van der Waals surface area (Å²) in [5.74, 6) is -0.414. The second-order valence-corrected chi connectivity index (χ2v) is 8.93. The average molecular weight is 413 g/mol. The number of carbonyl (C=O) groups is 1. The second kappa shape index (κ2) is 7.56. The number of anilines is 1. The lowest BCUT2D eigenvalue weighted by Crippen LogP contribution is -2.43. The fraction of sp³-hybridized carbons (Fsp3) is 0.278. The van der Waals surface area contributed by atoms with Crippen molar-refractivity contribution >= 4 is 44.8 Å². The third-order valence-electron chi connectivity index (χ3n) is 4.32. The normalized spacial score (nSPS) is 18.0. The fourth-order valence-corrected chi connectivity index (χ4v) is 4.94. The van der Waals surface area contributed by atoms with Crippen molar-refractivity contribution in [3.8, 4) is 0 Å². The van der Waals surface area contributed by atoms with E-state index in [4.69, 9.17) is 23.2 Å². The number of nitrogens with one attached hydrogen (secondary N) is 1. The topological polar surface area (TPSA) is 66.5 Å². The maximum absolute atomic E-state index is 12.9. The quantitative estimate of drug-likeness (QED) is 0.821. The van der Waals surface area contributed by atoms with Crippen molar-refractivity contribution in [1.29, 1.82) is 0 Å². The Morgan fingerprint density at radius 1 is 1.15 bits per heavy atom. The highest BCUT2D eigenvalue weighted by atomic mass is 35.5. The SMILES string of the molecule is Cc1ccc(S(=O)(=O)N2CCCC2C(=O)Nc2cc(Cl)ccc2Cl)cc1. The Kier molecular flexibility index (Phi) is 5.58. The van der Waals surface area contributed by atoms with Crippen LogP contribution in [0.5, 0.6) is 0 Å². The first-order valence-electron chi connectivity index (χ1n) is 8.13. The number of rotatable bonds is 4. The molecule has 138 valence electrons. The maximum atomic E-state index is 12.9. The zero-order chi connectivity index (χ0) is 18.9. The van der Waals surface area contributed by atoms with Gasteiger partial charge >= 0.3 is 0 Å². The van der Waals surface area contributed by atoms with E-state index in [9.17, 15) is 13.2 Å². The minimum Gasteiger partial charge on any atom is -0.323 e. The summed E-state index contributed by atoms with van der Waals surface area (Å²) in [6, 6.07) is 10.6. The molecule has 8 heteroatoms. The summed E-state index contributed by atoms with van der Waals surface area (Å²) in [5.41, 5.74) is 1.33. The van der Waals surface area contributed by atoms with Crippen LogP contribution >= 0.6 is 23.2 Å². The molecule has 26 heavy (non-hydrogen) atoms. The van der Waals surface area contributed by atoms with E-state index < -0.39 is 22.0 Å². The Morgan fingerprint density at radius 3 is 2.54 bits per heavy atom. The van der Waals surface area contributed by atoms with Crippen molar-refractivity contribution in [2.45, 2.75) is 30.7 Å². The summed E-state index contributed by atoms with van der Waals surface area (Å²) in [6.45, 7) is 2.19. The number of benzene rings is 2. The van der Waals surface area contributed by atoms with Gasteiger partial charge in [-0.1, -0.05) is 40.9 Å². The molecule has 1 fully saturated rings. The van der Waals surface area contributed by atoms with Gasteiger partial charge in [-0.2, -0.15) is 4.31 Å². The van der Waals surface area contributed by atoms with Gasteiger partial charge in [0.15, 0.2) is 0 Å². The Labute approximate surface area is 163 Å². The molecule has 1 amide bonds. The third kappa shape index (κ3) is 3.88. The molecule has 0 aromatic heterocycles. The van der Waals surface area contributed by atoms with Crippen LogP contribution in [0.15, 0.2) is 47.4 Å². The van der Waals surface area contributed by atoms with Crippen LogP contribution in [0, 0.1) is 6.92 Å². The Bertz CT molecular complexity index is 930. The first-order valence-corrected chi connectivity index (χ1v) is 10.3. The average Bonchev–Trinajstić information content (AvgIpc) is 3.09. The minimum atomic E-state index is -3.75. The van der Waals surface area contributed by atoms with Gasteiger partial charge in [0.25, 0.3) is 0 Å². The van der Waals surface area contributed by atoms with Crippen LogP contribution in [-0.2, 0) is 14.8 Å². The highest BCUT2D eigenvalue weighted by molar-refractivity contribution is 7.89. The molecule has 1 N–H and O–H groups in total. The zero-order valence-corrected chi connectivity index (χ0v) is 16.4.